The molecule has 0 unspecified atom stereocenters. The lowest BCUT2D eigenvalue weighted by molar-refractivity contribution is 0.0909. The van der Waals surface area contributed by atoms with Gasteiger partial charge in [0.25, 0.3) is 5.91 Å². The van der Waals surface area contributed by atoms with Gasteiger partial charge in [0.2, 0.25) is 0 Å². The van der Waals surface area contributed by atoms with Crippen LogP contribution in [0.3, 0.4) is 0 Å². The van der Waals surface area contributed by atoms with Gasteiger partial charge >= 0.3 is 0 Å². The van der Waals surface area contributed by atoms with Gasteiger partial charge in [0.1, 0.15) is 17.4 Å². The maximum atomic E-state index is 13.6. The summed E-state index contributed by atoms with van der Waals surface area (Å²) in [7, 11) is 0. The topological polar surface area (TPSA) is 139 Å². The van der Waals surface area contributed by atoms with Crippen molar-refractivity contribution in [1.82, 2.24) is 29.7 Å². The van der Waals surface area contributed by atoms with E-state index in [1.807, 2.05) is 24.3 Å². The Labute approximate surface area is 275 Å². The number of nitrogens with one attached hydrogen (secondary N) is 1. The molecule has 1 aliphatic heterocycles. The van der Waals surface area contributed by atoms with Gasteiger partial charge in [-0.2, -0.15) is 0 Å². The SMILES string of the molecule is Nc1ncccc1-c1cc2cnc(-c3ccc(F)cn3)cc2n1-c1ccc(CN2CCC(NC(=O)c3ccc(O)c(C=O)c3)CC2)cc1. The molecule has 0 spiro atoms. The molecule has 11 heteroatoms. The van der Waals surface area contributed by atoms with Crippen LogP contribution in [0.25, 0.3) is 39.2 Å². The zero-order valence-corrected chi connectivity index (χ0v) is 25.9. The van der Waals surface area contributed by atoms with Gasteiger partial charge < -0.3 is 20.7 Å². The third-order valence-electron chi connectivity index (χ3n) is 8.73. The smallest absolute Gasteiger partial charge is 0.251 e. The molecule has 48 heavy (non-hydrogen) atoms. The lowest BCUT2D eigenvalue weighted by Gasteiger charge is -2.32. The average Bonchev–Trinajstić information content (AvgIpc) is 3.48. The van der Waals surface area contributed by atoms with E-state index in [-0.39, 0.29) is 23.3 Å². The number of nitrogens with zero attached hydrogens (tertiary/aromatic N) is 5. The van der Waals surface area contributed by atoms with Crippen LogP contribution in [-0.2, 0) is 6.54 Å². The number of aldehydes is 1. The van der Waals surface area contributed by atoms with E-state index in [1.165, 1.54) is 30.5 Å². The number of piperidine rings is 1. The van der Waals surface area contributed by atoms with E-state index in [4.69, 9.17) is 5.73 Å². The quantitative estimate of drug-likeness (QED) is 0.178. The summed E-state index contributed by atoms with van der Waals surface area (Å²) in [5, 5.41) is 13.7. The third kappa shape index (κ3) is 6.23. The Kier molecular flexibility index (Phi) is 8.35. The standard InChI is InChI=1S/C37H32FN7O3/c38-27-6-9-31(42-20-27)32-18-33-25(19-41-32)17-34(30-2-1-13-40-36(30)39)45(33)29-7-3-23(4-8-29)21-44-14-11-28(12-15-44)43-37(48)24-5-10-35(47)26(16-24)22-46/h1-10,13,16-20,22,28,47H,11-12,14-15,21H2,(H2,39,40)(H,43,48). The lowest BCUT2D eigenvalue weighted by atomic mass is 10.0. The Hall–Kier alpha value is -5.94. The van der Waals surface area contributed by atoms with Gasteiger partial charge in [-0.1, -0.05) is 12.1 Å². The zero-order chi connectivity index (χ0) is 33.2. The molecular weight excluding hydrogens is 609 g/mol. The van der Waals surface area contributed by atoms with Crippen molar-refractivity contribution in [3.63, 3.8) is 0 Å². The number of nitrogen functional groups attached to an aromatic ring is 1. The first kappa shape index (κ1) is 30.7. The molecule has 0 bridgehead atoms. The molecule has 5 heterocycles. The minimum atomic E-state index is -0.408. The predicted octanol–water partition coefficient (Wildman–Crippen LogP) is 5.78. The normalized spacial score (nSPS) is 13.9. The highest BCUT2D eigenvalue weighted by Gasteiger charge is 2.22. The zero-order valence-electron chi connectivity index (χ0n) is 25.9. The second-order valence-electron chi connectivity index (χ2n) is 11.9. The van der Waals surface area contributed by atoms with Crippen LogP contribution in [0, 0.1) is 5.82 Å². The van der Waals surface area contributed by atoms with E-state index in [0.717, 1.165) is 65.9 Å². The number of aromatic hydroxyl groups is 1. The molecule has 2 aromatic carbocycles. The van der Waals surface area contributed by atoms with Crippen molar-refractivity contribution >= 4 is 28.9 Å². The van der Waals surface area contributed by atoms with E-state index in [0.29, 0.717) is 29.1 Å². The van der Waals surface area contributed by atoms with Crippen molar-refractivity contribution in [2.24, 2.45) is 0 Å². The minimum absolute atomic E-state index is 0.0226. The number of aromatic nitrogens is 4. The van der Waals surface area contributed by atoms with Crippen molar-refractivity contribution in [3.05, 3.63) is 120 Å². The molecule has 7 rings (SSSR count). The van der Waals surface area contributed by atoms with Gasteiger partial charge in [0, 0.05) is 60.3 Å². The van der Waals surface area contributed by atoms with Gasteiger partial charge in [0.15, 0.2) is 6.29 Å². The van der Waals surface area contributed by atoms with Crippen LogP contribution in [0.5, 0.6) is 5.75 Å². The average molecular weight is 642 g/mol. The Morgan fingerprint density at radius 1 is 0.958 bits per heavy atom. The second-order valence-corrected chi connectivity index (χ2v) is 11.9. The first-order valence-electron chi connectivity index (χ1n) is 15.6. The molecule has 0 atom stereocenters. The van der Waals surface area contributed by atoms with Crippen LogP contribution in [-0.4, -0.2) is 60.9 Å². The van der Waals surface area contributed by atoms with E-state index < -0.39 is 5.82 Å². The van der Waals surface area contributed by atoms with Crippen molar-refractivity contribution in [2.75, 3.05) is 18.8 Å². The number of nitrogens with two attached hydrogens (primary N) is 1. The molecule has 0 saturated carbocycles. The number of rotatable bonds is 8. The van der Waals surface area contributed by atoms with Crippen LogP contribution in [0.1, 0.15) is 39.1 Å². The summed E-state index contributed by atoms with van der Waals surface area (Å²) in [6.45, 7) is 2.41. The van der Waals surface area contributed by atoms with E-state index in [1.54, 1.807) is 18.5 Å². The third-order valence-corrected chi connectivity index (χ3v) is 8.73. The highest BCUT2D eigenvalue weighted by atomic mass is 19.1. The Morgan fingerprint density at radius 2 is 1.75 bits per heavy atom. The van der Waals surface area contributed by atoms with Gasteiger partial charge in [0.05, 0.1) is 34.4 Å². The molecule has 1 saturated heterocycles. The monoisotopic (exact) mass is 641 g/mol. The van der Waals surface area contributed by atoms with Crippen molar-refractivity contribution in [2.45, 2.75) is 25.4 Å². The van der Waals surface area contributed by atoms with Gasteiger partial charge in [-0.15, -0.1) is 0 Å². The van der Waals surface area contributed by atoms with Crippen LogP contribution < -0.4 is 11.1 Å². The predicted molar refractivity (Wildman–Crippen MR) is 181 cm³/mol. The summed E-state index contributed by atoms with van der Waals surface area (Å²) in [5.41, 5.74) is 12.6. The summed E-state index contributed by atoms with van der Waals surface area (Å²) < 4.78 is 15.7. The molecule has 1 fully saturated rings. The van der Waals surface area contributed by atoms with Gasteiger partial charge in [-0.25, -0.2) is 9.37 Å². The molecule has 0 aliphatic carbocycles. The Morgan fingerprint density at radius 3 is 2.48 bits per heavy atom. The summed E-state index contributed by atoms with van der Waals surface area (Å²) in [4.78, 5) is 39.4. The summed E-state index contributed by atoms with van der Waals surface area (Å²) in [6, 6.07) is 23.5. The molecule has 10 nitrogen and oxygen atoms in total. The molecule has 240 valence electrons. The molecule has 1 amide bonds. The summed E-state index contributed by atoms with van der Waals surface area (Å²) >= 11 is 0. The first-order chi connectivity index (χ1) is 23.4. The minimum Gasteiger partial charge on any atom is -0.507 e. The number of carbonyl (C=O) groups excluding carboxylic acids is 2. The number of hydrogen-bond donors (Lipinski definition) is 3. The molecule has 1 aliphatic rings. The first-order valence-corrected chi connectivity index (χ1v) is 15.6. The number of hydrogen-bond acceptors (Lipinski definition) is 8. The number of phenols is 1. The summed E-state index contributed by atoms with van der Waals surface area (Å²) in [5.74, 6) is -0.391. The molecule has 4 N–H and O–H groups in total. The fourth-order valence-electron chi connectivity index (χ4n) is 6.18. The van der Waals surface area contributed by atoms with Crippen LogP contribution >= 0.6 is 0 Å². The molecule has 6 aromatic rings. The maximum Gasteiger partial charge on any atom is 0.251 e. The number of benzene rings is 2. The largest absolute Gasteiger partial charge is 0.507 e. The van der Waals surface area contributed by atoms with Gasteiger partial charge in [-0.05, 0) is 85.1 Å². The van der Waals surface area contributed by atoms with E-state index in [9.17, 15) is 19.1 Å². The fraction of sp³-hybridized carbons (Fsp3) is 0.162. The number of pyridine rings is 3. The number of halogens is 1. The molecular formula is C37H32FN7O3. The van der Waals surface area contributed by atoms with Crippen molar-refractivity contribution in [3.8, 4) is 34.1 Å². The van der Waals surface area contributed by atoms with Crippen LogP contribution in [0.15, 0.2) is 97.5 Å². The van der Waals surface area contributed by atoms with E-state index >= 15 is 0 Å². The molecule has 4 aromatic heterocycles. The Balaban J connectivity index is 1.09. The lowest BCUT2D eigenvalue weighted by Crippen LogP contribution is -2.44. The maximum absolute atomic E-state index is 13.6. The Bertz CT molecular complexity index is 2120. The van der Waals surface area contributed by atoms with Crippen LogP contribution in [0.4, 0.5) is 10.2 Å². The second kappa shape index (κ2) is 13.0. The number of likely N-dealkylation sites (tertiary alicyclic amines) is 1. The number of fused-ring (bicyclic) bond motifs is 1. The molecule has 0 radical (unpaired) electrons. The van der Waals surface area contributed by atoms with Gasteiger partial charge in [-0.3, -0.25) is 24.5 Å². The van der Waals surface area contributed by atoms with Crippen LogP contribution in [0.2, 0.25) is 0 Å². The fourth-order valence-corrected chi connectivity index (χ4v) is 6.18. The highest BCUT2D eigenvalue weighted by molar-refractivity contribution is 5.96. The number of carbonyl (C=O) groups is 2. The number of amides is 1. The summed E-state index contributed by atoms with van der Waals surface area (Å²) in [6.07, 6.45) is 6.77. The van der Waals surface area contributed by atoms with Crippen molar-refractivity contribution < 1.29 is 19.1 Å². The highest BCUT2D eigenvalue weighted by Crippen LogP contribution is 2.35. The number of phenolic OH excluding ortho intramolecular Hbond substituents is 1. The number of anilines is 1. The van der Waals surface area contributed by atoms with E-state index in [2.05, 4.69) is 54.0 Å². The van der Waals surface area contributed by atoms with Crippen molar-refractivity contribution in [1.29, 1.82) is 0 Å².